The van der Waals surface area contributed by atoms with E-state index in [2.05, 4.69) is 10.3 Å². The topological polar surface area (TPSA) is 157 Å². The fourth-order valence-corrected chi connectivity index (χ4v) is 5.98. The number of carbonyl (C=O) groups is 1. The quantitative estimate of drug-likeness (QED) is 0.329. The van der Waals surface area contributed by atoms with Gasteiger partial charge in [-0.2, -0.15) is 9.29 Å². The van der Waals surface area contributed by atoms with E-state index in [0.717, 1.165) is 5.56 Å². The molecule has 206 valence electrons. The van der Waals surface area contributed by atoms with Crippen molar-refractivity contribution in [3.8, 4) is 0 Å². The van der Waals surface area contributed by atoms with Crippen molar-refractivity contribution in [2.24, 2.45) is 5.92 Å². The van der Waals surface area contributed by atoms with Gasteiger partial charge in [0.05, 0.1) is 30.3 Å². The van der Waals surface area contributed by atoms with Gasteiger partial charge in [0.15, 0.2) is 5.58 Å². The van der Waals surface area contributed by atoms with Gasteiger partial charge in [-0.1, -0.05) is 44.2 Å². The first-order valence-electron chi connectivity index (χ1n) is 12.5. The largest absolute Gasteiger partial charge is 0.444 e. The molecule has 1 fully saturated rings. The molecule has 3 atom stereocenters. The minimum Gasteiger partial charge on any atom is -0.444 e. The third-order valence-corrected chi connectivity index (χ3v) is 8.03. The molecular formula is C26H34N4O7S. The number of carbonyl (C=O) groups excluding carboxylic acids is 1. The summed E-state index contributed by atoms with van der Waals surface area (Å²) in [5.74, 6) is -0.0329. The average Bonchev–Trinajstić information content (AvgIpc) is 3.51. The average molecular weight is 547 g/mol. The van der Waals surface area contributed by atoms with E-state index < -0.39 is 28.3 Å². The number of nitrogens with one attached hydrogen (secondary N) is 1. The number of hydrogen-bond acceptors (Lipinski definition) is 9. The number of ether oxygens (including phenoxy) is 2. The van der Waals surface area contributed by atoms with Crippen LogP contribution in [-0.2, 0) is 25.9 Å². The number of amides is 1. The van der Waals surface area contributed by atoms with Gasteiger partial charge in [-0.05, 0) is 30.0 Å². The van der Waals surface area contributed by atoms with Gasteiger partial charge >= 0.3 is 6.09 Å². The van der Waals surface area contributed by atoms with Gasteiger partial charge in [0, 0.05) is 25.6 Å². The summed E-state index contributed by atoms with van der Waals surface area (Å²) in [4.78, 5) is 16.7. The lowest BCUT2D eigenvalue weighted by Crippen LogP contribution is -2.51. The second kappa shape index (κ2) is 12.1. The molecule has 3 unspecified atom stereocenters. The number of rotatable bonds is 11. The maximum absolute atomic E-state index is 13.7. The van der Waals surface area contributed by atoms with E-state index in [1.165, 1.54) is 22.5 Å². The Morgan fingerprint density at radius 1 is 1.24 bits per heavy atom. The molecule has 1 amide bonds. The Morgan fingerprint density at radius 2 is 2.00 bits per heavy atom. The van der Waals surface area contributed by atoms with E-state index >= 15 is 0 Å². The fraction of sp³-hybridized carbons (Fsp3) is 0.462. The Kier molecular flexibility index (Phi) is 8.87. The summed E-state index contributed by atoms with van der Waals surface area (Å²) in [7, 11) is -4.04. The lowest BCUT2D eigenvalue weighted by Gasteiger charge is -2.30. The van der Waals surface area contributed by atoms with Gasteiger partial charge in [-0.15, -0.1) is 0 Å². The molecule has 0 radical (unpaired) electrons. The monoisotopic (exact) mass is 546 g/mol. The minimum atomic E-state index is -4.04. The maximum atomic E-state index is 13.7. The minimum absolute atomic E-state index is 0.0118. The first-order valence-corrected chi connectivity index (χ1v) is 14.0. The normalized spacial score (nSPS) is 17.7. The van der Waals surface area contributed by atoms with Crippen LogP contribution in [0, 0.1) is 5.92 Å². The molecule has 1 aliphatic heterocycles. The summed E-state index contributed by atoms with van der Waals surface area (Å²) in [6.45, 7) is 4.51. The molecule has 1 aliphatic rings. The van der Waals surface area contributed by atoms with Gasteiger partial charge in [-0.25, -0.2) is 13.2 Å². The second-order valence-electron chi connectivity index (χ2n) is 9.80. The number of fused-ring (bicyclic) bond motifs is 1. The molecule has 12 heteroatoms. The molecule has 0 aliphatic carbocycles. The van der Waals surface area contributed by atoms with Crippen LogP contribution in [0.1, 0.15) is 25.8 Å². The van der Waals surface area contributed by atoms with Crippen LogP contribution < -0.4 is 11.1 Å². The maximum Gasteiger partial charge on any atom is 0.407 e. The van der Waals surface area contributed by atoms with Crippen LogP contribution in [0.25, 0.3) is 11.1 Å². The van der Waals surface area contributed by atoms with Crippen molar-refractivity contribution in [3.05, 3.63) is 54.1 Å². The summed E-state index contributed by atoms with van der Waals surface area (Å²) < 4.78 is 44.6. The zero-order valence-electron chi connectivity index (χ0n) is 21.4. The van der Waals surface area contributed by atoms with Crippen molar-refractivity contribution < 1.29 is 32.2 Å². The Hall–Kier alpha value is -3.19. The van der Waals surface area contributed by atoms with Crippen molar-refractivity contribution in [1.82, 2.24) is 14.6 Å². The zero-order valence-corrected chi connectivity index (χ0v) is 22.3. The third kappa shape index (κ3) is 7.01. The van der Waals surface area contributed by atoms with Crippen LogP contribution in [-0.4, -0.2) is 73.5 Å². The number of benzene rings is 2. The molecule has 4 N–H and O–H groups in total. The van der Waals surface area contributed by atoms with Crippen molar-refractivity contribution in [3.63, 3.8) is 0 Å². The van der Waals surface area contributed by atoms with E-state index in [9.17, 15) is 18.3 Å². The molecule has 2 heterocycles. The number of hydrogen-bond donors (Lipinski definition) is 3. The van der Waals surface area contributed by atoms with Crippen LogP contribution in [0.2, 0.25) is 0 Å². The van der Waals surface area contributed by atoms with Gasteiger partial charge in [-0.3, -0.25) is 0 Å². The highest BCUT2D eigenvalue weighted by molar-refractivity contribution is 7.89. The molecule has 3 aromatic rings. The Balaban J connectivity index is 1.56. The number of aliphatic hydroxyl groups is 1. The number of alkyl carbamates (subject to hydrolysis) is 1. The van der Waals surface area contributed by atoms with E-state index in [1.54, 1.807) is 0 Å². The van der Waals surface area contributed by atoms with Crippen molar-refractivity contribution in [2.75, 3.05) is 32.0 Å². The smallest absolute Gasteiger partial charge is 0.407 e. The summed E-state index contributed by atoms with van der Waals surface area (Å²) in [5.41, 5.74) is 7.16. The molecule has 0 bridgehead atoms. The number of nitrogen functional groups attached to an aromatic ring is 1. The number of anilines is 1. The summed E-state index contributed by atoms with van der Waals surface area (Å²) in [6, 6.07) is 12.8. The number of sulfonamides is 1. The Bertz CT molecular complexity index is 1320. The molecule has 0 saturated carbocycles. The number of nitrogens with two attached hydrogens (primary N) is 1. The summed E-state index contributed by atoms with van der Waals surface area (Å²) in [5, 5.41) is 14.0. The van der Waals surface area contributed by atoms with Gasteiger partial charge in [0.2, 0.25) is 10.0 Å². The molecule has 4 rings (SSSR count). The molecule has 11 nitrogen and oxygen atoms in total. The van der Waals surface area contributed by atoms with Crippen LogP contribution >= 0.6 is 0 Å². The van der Waals surface area contributed by atoms with Crippen molar-refractivity contribution >= 4 is 33.2 Å². The Labute approximate surface area is 222 Å². The molecular weight excluding hydrogens is 512 g/mol. The number of oxazole rings is 1. The third-order valence-electron chi connectivity index (χ3n) is 6.20. The summed E-state index contributed by atoms with van der Waals surface area (Å²) in [6.07, 6.45) is -1.41. The number of aliphatic hydroxyl groups excluding tert-OH is 1. The predicted octanol–water partition coefficient (Wildman–Crippen LogP) is 2.54. The highest BCUT2D eigenvalue weighted by Crippen LogP contribution is 2.25. The predicted molar refractivity (Wildman–Crippen MR) is 141 cm³/mol. The molecule has 1 saturated heterocycles. The fourth-order valence-electron chi connectivity index (χ4n) is 4.34. The van der Waals surface area contributed by atoms with E-state index in [0.29, 0.717) is 25.2 Å². The van der Waals surface area contributed by atoms with E-state index in [-0.39, 0.29) is 48.0 Å². The van der Waals surface area contributed by atoms with E-state index in [1.807, 2.05) is 44.2 Å². The van der Waals surface area contributed by atoms with Gasteiger partial charge < -0.3 is 30.0 Å². The lowest BCUT2D eigenvalue weighted by atomic mass is 10.0. The first kappa shape index (κ1) is 27.8. The van der Waals surface area contributed by atoms with Crippen LogP contribution in [0.3, 0.4) is 0 Å². The second-order valence-corrected chi connectivity index (χ2v) is 11.7. The molecule has 1 aromatic heterocycles. The van der Waals surface area contributed by atoms with Crippen LogP contribution in [0.4, 0.5) is 10.8 Å². The van der Waals surface area contributed by atoms with Crippen LogP contribution in [0.15, 0.2) is 57.8 Å². The Morgan fingerprint density at radius 3 is 2.68 bits per heavy atom. The number of nitrogens with zero attached hydrogens (tertiary/aromatic N) is 2. The van der Waals surface area contributed by atoms with Crippen molar-refractivity contribution in [2.45, 2.75) is 49.8 Å². The SMILES string of the molecule is CC(C)CN(CC(O)C(Cc1ccccc1)NC(=O)OC1CCOC1)S(=O)(=O)c1ccc2nc(N)oc2c1. The first-order chi connectivity index (χ1) is 18.1. The highest BCUT2D eigenvalue weighted by Gasteiger charge is 2.32. The van der Waals surface area contributed by atoms with Crippen LogP contribution in [0.5, 0.6) is 0 Å². The molecule has 0 spiro atoms. The molecule has 2 aromatic carbocycles. The van der Waals surface area contributed by atoms with E-state index in [4.69, 9.17) is 19.6 Å². The van der Waals surface area contributed by atoms with Gasteiger partial charge in [0.1, 0.15) is 11.6 Å². The summed E-state index contributed by atoms with van der Waals surface area (Å²) >= 11 is 0. The van der Waals surface area contributed by atoms with Gasteiger partial charge in [0.25, 0.3) is 6.01 Å². The lowest BCUT2D eigenvalue weighted by molar-refractivity contribution is 0.0644. The number of aromatic nitrogens is 1. The van der Waals surface area contributed by atoms with Crippen molar-refractivity contribution in [1.29, 1.82) is 0 Å². The standard InChI is InChI=1S/C26H34N4O7S/c1-17(2)14-30(38(33,34)20-8-9-21-24(13-20)37-25(27)28-21)15-23(31)22(12-18-6-4-3-5-7-18)29-26(32)36-19-10-11-35-16-19/h3-9,13,17,19,22-23,31H,10-12,14-16H2,1-2H3,(H2,27,28)(H,29,32). The zero-order chi connectivity index (χ0) is 27.3. The highest BCUT2D eigenvalue weighted by atomic mass is 32.2. The molecule has 38 heavy (non-hydrogen) atoms.